The Hall–Kier alpha value is -1.26. The molecule has 3 heterocycles. The lowest BCUT2D eigenvalue weighted by molar-refractivity contribution is 0.242. The minimum atomic E-state index is 0.860. The molecule has 2 aromatic heterocycles. The van der Waals surface area contributed by atoms with Gasteiger partial charge in [-0.05, 0) is 42.2 Å². The smallest absolute Gasteiger partial charge is 0.128 e. The van der Waals surface area contributed by atoms with Crippen LogP contribution in [0.1, 0.15) is 34.8 Å². The summed E-state index contributed by atoms with van der Waals surface area (Å²) >= 11 is 1.84. The minimum absolute atomic E-state index is 0.860. The summed E-state index contributed by atoms with van der Waals surface area (Å²) in [6.45, 7) is 3.16. The molecule has 3 nitrogen and oxygen atoms in total. The molecule has 0 amide bonds. The molecular weight excluding hydrogens is 266 g/mol. The summed E-state index contributed by atoms with van der Waals surface area (Å²) in [6, 6.07) is 4.35. The summed E-state index contributed by atoms with van der Waals surface area (Å²) in [5.74, 6) is 1.92. The fraction of sp³-hybridized carbons (Fsp3) is 0.500. The van der Waals surface area contributed by atoms with E-state index in [-0.39, 0.29) is 0 Å². The molecule has 0 radical (unpaired) electrons. The first-order valence-electron chi connectivity index (χ1n) is 7.45. The lowest BCUT2D eigenvalue weighted by Gasteiger charge is -2.27. The van der Waals surface area contributed by atoms with Gasteiger partial charge >= 0.3 is 0 Å². The Kier molecular flexibility index (Phi) is 3.28. The van der Waals surface area contributed by atoms with E-state index in [1.54, 1.807) is 0 Å². The van der Waals surface area contributed by atoms with Crippen molar-refractivity contribution in [3.63, 3.8) is 0 Å². The average Bonchev–Trinajstić information content (AvgIpc) is 3.12. The Balaban J connectivity index is 1.48. The number of hydrogen-bond acceptors (Lipinski definition) is 4. The van der Waals surface area contributed by atoms with Gasteiger partial charge in [-0.25, -0.2) is 9.97 Å². The predicted octanol–water partition coefficient (Wildman–Crippen LogP) is 3.05. The highest BCUT2D eigenvalue weighted by Gasteiger charge is 2.24. The maximum atomic E-state index is 4.82. The van der Waals surface area contributed by atoms with Gasteiger partial charge in [-0.1, -0.05) is 6.07 Å². The Morgan fingerprint density at radius 2 is 2.30 bits per heavy atom. The summed E-state index contributed by atoms with van der Waals surface area (Å²) in [4.78, 5) is 13.3. The van der Waals surface area contributed by atoms with E-state index in [1.165, 1.54) is 29.0 Å². The molecule has 104 valence electrons. The number of hydrogen-bond donors (Lipinski definition) is 0. The van der Waals surface area contributed by atoms with Crippen molar-refractivity contribution < 1.29 is 0 Å². The first kappa shape index (κ1) is 12.5. The van der Waals surface area contributed by atoms with Crippen LogP contribution in [0.2, 0.25) is 0 Å². The number of nitrogens with zero attached hydrogens (tertiary/aromatic N) is 3. The molecule has 0 bridgehead atoms. The zero-order chi connectivity index (χ0) is 13.4. The first-order chi connectivity index (χ1) is 9.87. The third-order valence-corrected chi connectivity index (χ3v) is 5.06. The topological polar surface area (TPSA) is 29.0 Å². The van der Waals surface area contributed by atoms with E-state index < -0.39 is 0 Å². The molecule has 0 spiro atoms. The molecule has 0 N–H and O–H groups in total. The SMILES string of the molecule is c1csc(CN2CCc3cnc(CC4CC4)nc3C2)c1. The Bertz CT molecular complexity index is 590. The van der Waals surface area contributed by atoms with Crippen LogP contribution >= 0.6 is 11.3 Å². The standard InChI is InChI=1S/C16H19N3S/c1-2-14(20-7-1)10-19-6-5-13-9-17-16(8-12-3-4-12)18-15(13)11-19/h1-2,7,9,12H,3-6,8,10-11H2. The number of thiophene rings is 1. The van der Waals surface area contributed by atoms with Crippen molar-refractivity contribution >= 4 is 11.3 Å². The van der Waals surface area contributed by atoms with Gasteiger partial charge in [0.25, 0.3) is 0 Å². The molecule has 0 atom stereocenters. The maximum absolute atomic E-state index is 4.82. The molecule has 1 aliphatic heterocycles. The zero-order valence-electron chi connectivity index (χ0n) is 11.6. The van der Waals surface area contributed by atoms with Gasteiger partial charge in [-0.3, -0.25) is 4.90 Å². The third kappa shape index (κ3) is 2.76. The molecule has 4 heteroatoms. The molecule has 2 aliphatic rings. The highest BCUT2D eigenvalue weighted by Crippen LogP contribution is 2.32. The number of rotatable bonds is 4. The average molecular weight is 285 g/mol. The molecule has 4 rings (SSSR count). The van der Waals surface area contributed by atoms with Gasteiger partial charge < -0.3 is 0 Å². The molecule has 2 aromatic rings. The van der Waals surface area contributed by atoms with Gasteiger partial charge in [0.1, 0.15) is 5.82 Å². The fourth-order valence-electron chi connectivity index (χ4n) is 2.83. The van der Waals surface area contributed by atoms with Crippen molar-refractivity contribution in [1.82, 2.24) is 14.9 Å². The van der Waals surface area contributed by atoms with Gasteiger partial charge in [-0.2, -0.15) is 0 Å². The van der Waals surface area contributed by atoms with E-state index in [9.17, 15) is 0 Å². The van der Waals surface area contributed by atoms with Crippen molar-refractivity contribution in [2.24, 2.45) is 5.92 Å². The molecule has 1 aliphatic carbocycles. The van der Waals surface area contributed by atoms with Crippen LogP contribution in [0.15, 0.2) is 23.7 Å². The third-order valence-electron chi connectivity index (χ3n) is 4.20. The van der Waals surface area contributed by atoms with Crippen molar-refractivity contribution in [1.29, 1.82) is 0 Å². The van der Waals surface area contributed by atoms with Crippen LogP contribution < -0.4 is 0 Å². The van der Waals surface area contributed by atoms with Crippen LogP contribution in [0.4, 0.5) is 0 Å². The Morgan fingerprint density at radius 1 is 1.35 bits per heavy atom. The Morgan fingerprint density at radius 3 is 3.10 bits per heavy atom. The second-order valence-corrected chi connectivity index (χ2v) is 6.98. The fourth-order valence-corrected chi connectivity index (χ4v) is 3.58. The summed E-state index contributed by atoms with van der Waals surface area (Å²) in [7, 11) is 0. The van der Waals surface area contributed by atoms with E-state index in [2.05, 4.69) is 33.6 Å². The monoisotopic (exact) mass is 285 g/mol. The maximum Gasteiger partial charge on any atom is 0.128 e. The largest absolute Gasteiger partial charge is 0.292 e. The molecule has 1 fully saturated rings. The van der Waals surface area contributed by atoms with Gasteiger partial charge in [0.05, 0.1) is 5.69 Å². The Labute approximate surface area is 123 Å². The lowest BCUT2D eigenvalue weighted by atomic mass is 10.1. The van der Waals surface area contributed by atoms with Gasteiger partial charge in [0.15, 0.2) is 0 Å². The molecular formula is C16H19N3S. The van der Waals surface area contributed by atoms with Crippen LogP contribution in [-0.4, -0.2) is 21.4 Å². The van der Waals surface area contributed by atoms with Crippen molar-refractivity contribution in [3.8, 4) is 0 Å². The van der Waals surface area contributed by atoms with Crippen LogP contribution in [0.5, 0.6) is 0 Å². The molecule has 20 heavy (non-hydrogen) atoms. The normalized spacial score (nSPS) is 19.0. The van der Waals surface area contributed by atoms with E-state index in [0.717, 1.165) is 44.2 Å². The van der Waals surface area contributed by atoms with E-state index >= 15 is 0 Å². The lowest BCUT2D eigenvalue weighted by Crippen LogP contribution is -2.31. The zero-order valence-corrected chi connectivity index (χ0v) is 12.4. The van der Waals surface area contributed by atoms with Crippen LogP contribution in [0.3, 0.4) is 0 Å². The summed E-state index contributed by atoms with van der Waals surface area (Å²) in [5, 5.41) is 2.16. The first-order valence-corrected chi connectivity index (χ1v) is 8.33. The van der Waals surface area contributed by atoms with E-state index in [1.807, 2.05) is 11.3 Å². The van der Waals surface area contributed by atoms with Gasteiger partial charge in [0, 0.05) is 37.1 Å². The van der Waals surface area contributed by atoms with Gasteiger partial charge in [0.2, 0.25) is 0 Å². The quantitative estimate of drug-likeness (QED) is 0.864. The minimum Gasteiger partial charge on any atom is -0.292 e. The van der Waals surface area contributed by atoms with Crippen molar-refractivity contribution in [2.75, 3.05) is 6.54 Å². The predicted molar refractivity (Wildman–Crippen MR) is 80.6 cm³/mol. The number of fused-ring (bicyclic) bond motifs is 1. The molecule has 0 aromatic carbocycles. The van der Waals surface area contributed by atoms with Gasteiger partial charge in [-0.15, -0.1) is 11.3 Å². The number of aromatic nitrogens is 2. The van der Waals surface area contributed by atoms with E-state index in [0.29, 0.717) is 0 Å². The summed E-state index contributed by atoms with van der Waals surface area (Å²) in [6.07, 6.45) is 6.97. The second kappa shape index (κ2) is 5.26. The van der Waals surface area contributed by atoms with Crippen LogP contribution in [-0.2, 0) is 25.9 Å². The van der Waals surface area contributed by atoms with Crippen molar-refractivity contribution in [2.45, 2.75) is 38.8 Å². The second-order valence-electron chi connectivity index (χ2n) is 5.95. The molecule has 1 saturated carbocycles. The highest BCUT2D eigenvalue weighted by atomic mass is 32.1. The van der Waals surface area contributed by atoms with Crippen LogP contribution in [0, 0.1) is 5.92 Å². The van der Waals surface area contributed by atoms with Crippen LogP contribution in [0.25, 0.3) is 0 Å². The summed E-state index contributed by atoms with van der Waals surface area (Å²) < 4.78 is 0. The molecule has 0 unspecified atom stereocenters. The summed E-state index contributed by atoms with van der Waals surface area (Å²) in [5.41, 5.74) is 2.62. The molecule has 0 saturated heterocycles. The highest BCUT2D eigenvalue weighted by molar-refractivity contribution is 7.09. The van der Waals surface area contributed by atoms with E-state index in [4.69, 9.17) is 4.98 Å². The van der Waals surface area contributed by atoms with Crippen molar-refractivity contribution in [3.05, 3.63) is 45.7 Å².